The summed E-state index contributed by atoms with van der Waals surface area (Å²) < 4.78 is 0. The van der Waals surface area contributed by atoms with Crippen LogP contribution in [0.25, 0.3) is 0 Å². The molecule has 94 valence electrons. The second-order valence-corrected chi connectivity index (χ2v) is 4.51. The SMILES string of the molecule is CNc1cccc(O)c1C=NNc1nc(C)cs1. The predicted octanol–water partition coefficient (Wildman–Crippen LogP) is 2.64. The van der Waals surface area contributed by atoms with Crippen LogP contribution in [0.1, 0.15) is 11.3 Å². The second kappa shape index (κ2) is 5.50. The highest BCUT2D eigenvalue weighted by Gasteiger charge is 2.03. The maximum Gasteiger partial charge on any atom is 0.203 e. The van der Waals surface area contributed by atoms with Gasteiger partial charge in [-0.05, 0) is 19.1 Å². The summed E-state index contributed by atoms with van der Waals surface area (Å²) in [6.45, 7) is 1.92. The quantitative estimate of drug-likeness (QED) is 0.585. The van der Waals surface area contributed by atoms with Crippen molar-refractivity contribution in [3.63, 3.8) is 0 Å². The van der Waals surface area contributed by atoms with Gasteiger partial charge in [0.2, 0.25) is 5.13 Å². The van der Waals surface area contributed by atoms with Crippen LogP contribution >= 0.6 is 11.3 Å². The minimum atomic E-state index is 0.183. The van der Waals surface area contributed by atoms with Crippen LogP contribution in [0.2, 0.25) is 0 Å². The van der Waals surface area contributed by atoms with E-state index in [1.165, 1.54) is 11.3 Å². The molecule has 0 aliphatic heterocycles. The number of nitrogens with zero attached hydrogens (tertiary/aromatic N) is 2. The molecule has 0 unspecified atom stereocenters. The highest BCUT2D eigenvalue weighted by atomic mass is 32.1. The third kappa shape index (κ3) is 2.78. The molecule has 6 heteroatoms. The Morgan fingerprint density at radius 2 is 2.28 bits per heavy atom. The Labute approximate surface area is 109 Å². The third-order valence-electron chi connectivity index (χ3n) is 2.33. The fraction of sp³-hybridized carbons (Fsp3) is 0.167. The average Bonchev–Trinajstić information content (AvgIpc) is 2.77. The lowest BCUT2D eigenvalue weighted by Crippen LogP contribution is -1.96. The van der Waals surface area contributed by atoms with E-state index in [1.54, 1.807) is 25.4 Å². The van der Waals surface area contributed by atoms with Gasteiger partial charge in [-0.1, -0.05) is 6.07 Å². The number of benzene rings is 1. The molecule has 0 saturated carbocycles. The first-order valence-electron chi connectivity index (χ1n) is 5.41. The molecule has 5 nitrogen and oxygen atoms in total. The van der Waals surface area contributed by atoms with Gasteiger partial charge < -0.3 is 10.4 Å². The van der Waals surface area contributed by atoms with Gasteiger partial charge in [-0.15, -0.1) is 11.3 Å². The zero-order valence-electron chi connectivity index (χ0n) is 10.1. The van der Waals surface area contributed by atoms with Crippen LogP contribution in [0.3, 0.4) is 0 Å². The second-order valence-electron chi connectivity index (χ2n) is 3.65. The normalized spacial score (nSPS) is 10.8. The van der Waals surface area contributed by atoms with Crippen molar-refractivity contribution in [3.8, 4) is 5.75 Å². The first-order valence-corrected chi connectivity index (χ1v) is 6.29. The van der Waals surface area contributed by atoms with Crippen LogP contribution in [0.15, 0.2) is 28.7 Å². The molecule has 0 radical (unpaired) electrons. The maximum atomic E-state index is 9.75. The topological polar surface area (TPSA) is 69.5 Å². The van der Waals surface area contributed by atoms with Crippen LogP contribution in [0.4, 0.5) is 10.8 Å². The van der Waals surface area contributed by atoms with Crippen molar-refractivity contribution in [2.75, 3.05) is 17.8 Å². The molecule has 0 saturated heterocycles. The number of anilines is 2. The first kappa shape index (κ1) is 12.4. The maximum absolute atomic E-state index is 9.75. The summed E-state index contributed by atoms with van der Waals surface area (Å²) in [6, 6.07) is 5.26. The van der Waals surface area contributed by atoms with E-state index >= 15 is 0 Å². The highest BCUT2D eigenvalue weighted by Crippen LogP contribution is 2.23. The Morgan fingerprint density at radius 3 is 2.94 bits per heavy atom. The van der Waals surface area contributed by atoms with Gasteiger partial charge in [-0.25, -0.2) is 4.98 Å². The lowest BCUT2D eigenvalue weighted by molar-refractivity contribution is 0.475. The molecule has 0 bridgehead atoms. The first-order chi connectivity index (χ1) is 8.70. The molecule has 1 heterocycles. The summed E-state index contributed by atoms with van der Waals surface area (Å²) in [7, 11) is 1.80. The molecule has 2 aromatic rings. The Morgan fingerprint density at radius 1 is 1.44 bits per heavy atom. The van der Waals surface area contributed by atoms with Crippen molar-refractivity contribution in [1.82, 2.24) is 4.98 Å². The fourth-order valence-electron chi connectivity index (χ4n) is 1.46. The van der Waals surface area contributed by atoms with E-state index in [1.807, 2.05) is 18.4 Å². The number of thiazole rings is 1. The molecule has 3 N–H and O–H groups in total. The van der Waals surface area contributed by atoms with Gasteiger partial charge in [-0.2, -0.15) is 5.10 Å². The summed E-state index contributed by atoms with van der Waals surface area (Å²) >= 11 is 1.48. The smallest absolute Gasteiger partial charge is 0.203 e. The van der Waals surface area contributed by atoms with Gasteiger partial charge in [0.15, 0.2) is 0 Å². The predicted molar refractivity (Wildman–Crippen MR) is 75.7 cm³/mol. The number of hydrogen-bond donors (Lipinski definition) is 3. The number of phenolic OH excluding ortho intramolecular Hbond substituents is 1. The molecule has 0 aliphatic rings. The zero-order chi connectivity index (χ0) is 13.0. The molecule has 0 amide bonds. The minimum absolute atomic E-state index is 0.183. The van der Waals surface area contributed by atoms with E-state index in [0.29, 0.717) is 5.56 Å². The minimum Gasteiger partial charge on any atom is -0.507 e. The number of aromatic hydroxyl groups is 1. The van der Waals surface area contributed by atoms with Gasteiger partial charge in [-0.3, -0.25) is 5.43 Å². The third-order valence-corrected chi connectivity index (χ3v) is 3.19. The Hall–Kier alpha value is -2.08. The summed E-state index contributed by atoms with van der Waals surface area (Å²) in [5, 5.41) is 19.5. The standard InChI is InChI=1S/C12H14N4OS/c1-8-7-18-12(15-8)16-14-6-9-10(13-2)4-3-5-11(9)17/h3-7,13,17H,1-2H3,(H,15,16). The largest absolute Gasteiger partial charge is 0.507 e. The molecule has 1 aromatic heterocycles. The van der Waals surface area contributed by atoms with Crippen molar-refractivity contribution in [2.45, 2.75) is 6.92 Å². The molecule has 0 atom stereocenters. The molecular formula is C12H14N4OS. The monoisotopic (exact) mass is 262 g/mol. The molecule has 0 aliphatic carbocycles. The van der Waals surface area contributed by atoms with Crippen LogP contribution in [0.5, 0.6) is 5.75 Å². The van der Waals surface area contributed by atoms with Crippen molar-refractivity contribution >= 4 is 28.4 Å². The van der Waals surface area contributed by atoms with E-state index in [4.69, 9.17) is 0 Å². The number of aromatic nitrogens is 1. The van der Waals surface area contributed by atoms with Gasteiger partial charge in [0.25, 0.3) is 0 Å². The fourth-order valence-corrected chi connectivity index (χ4v) is 2.10. The Balaban J connectivity index is 2.13. The van der Waals surface area contributed by atoms with Gasteiger partial charge in [0, 0.05) is 18.1 Å². The molecule has 0 fully saturated rings. The number of hydrogen-bond acceptors (Lipinski definition) is 6. The molecular weight excluding hydrogens is 248 g/mol. The van der Waals surface area contributed by atoms with E-state index in [2.05, 4.69) is 20.8 Å². The van der Waals surface area contributed by atoms with Crippen molar-refractivity contribution < 1.29 is 5.11 Å². The number of rotatable bonds is 4. The van der Waals surface area contributed by atoms with E-state index in [9.17, 15) is 5.11 Å². The zero-order valence-corrected chi connectivity index (χ0v) is 11.0. The molecule has 2 rings (SSSR count). The van der Waals surface area contributed by atoms with Crippen LogP contribution in [-0.4, -0.2) is 23.4 Å². The molecule has 18 heavy (non-hydrogen) atoms. The summed E-state index contributed by atoms with van der Waals surface area (Å²) in [5.41, 5.74) is 5.24. The number of hydrazone groups is 1. The average molecular weight is 262 g/mol. The number of nitrogens with one attached hydrogen (secondary N) is 2. The van der Waals surface area contributed by atoms with E-state index in [-0.39, 0.29) is 5.75 Å². The Bertz CT molecular complexity index is 565. The molecule has 1 aromatic carbocycles. The van der Waals surface area contributed by atoms with Gasteiger partial charge >= 0.3 is 0 Å². The van der Waals surface area contributed by atoms with Gasteiger partial charge in [0.05, 0.1) is 17.5 Å². The Kier molecular flexibility index (Phi) is 3.78. The van der Waals surface area contributed by atoms with Crippen molar-refractivity contribution in [1.29, 1.82) is 0 Å². The van der Waals surface area contributed by atoms with E-state index < -0.39 is 0 Å². The summed E-state index contributed by atoms with van der Waals surface area (Å²) in [5.74, 6) is 0.183. The van der Waals surface area contributed by atoms with Crippen LogP contribution < -0.4 is 10.7 Å². The van der Waals surface area contributed by atoms with Gasteiger partial charge in [0.1, 0.15) is 5.75 Å². The highest BCUT2D eigenvalue weighted by molar-refractivity contribution is 7.13. The van der Waals surface area contributed by atoms with E-state index in [0.717, 1.165) is 16.5 Å². The molecule has 0 spiro atoms. The van der Waals surface area contributed by atoms with Crippen LogP contribution in [0, 0.1) is 6.92 Å². The number of phenols is 1. The van der Waals surface area contributed by atoms with Crippen molar-refractivity contribution in [2.24, 2.45) is 5.10 Å². The summed E-state index contributed by atoms with van der Waals surface area (Å²) in [6.07, 6.45) is 1.57. The lowest BCUT2D eigenvalue weighted by Gasteiger charge is -2.06. The number of aryl methyl sites for hydroxylation is 1. The summed E-state index contributed by atoms with van der Waals surface area (Å²) in [4.78, 5) is 4.22. The lowest BCUT2D eigenvalue weighted by atomic mass is 10.2. The van der Waals surface area contributed by atoms with Crippen molar-refractivity contribution in [3.05, 3.63) is 34.8 Å². The van der Waals surface area contributed by atoms with Crippen LogP contribution in [-0.2, 0) is 0 Å².